The van der Waals surface area contributed by atoms with E-state index in [0.29, 0.717) is 39.0 Å². The molecule has 1 saturated carbocycles. The molecule has 4 rings (SSSR count). The number of ketones is 1. The first-order valence-corrected chi connectivity index (χ1v) is 11.7. The van der Waals surface area contributed by atoms with Crippen LogP contribution in [0.25, 0.3) is 0 Å². The van der Waals surface area contributed by atoms with Gasteiger partial charge in [-0.05, 0) is 26.7 Å². The van der Waals surface area contributed by atoms with Gasteiger partial charge in [-0.2, -0.15) is 0 Å². The first kappa shape index (κ1) is 22.5. The van der Waals surface area contributed by atoms with Crippen molar-refractivity contribution in [1.29, 1.82) is 0 Å². The molecule has 3 heterocycles. The fourth-order valence-corrected chi connectivity index (χ4v) is 4.82. The molecule has 1 aliphatic carbocycles. The van der Waals surface area contributed by atoms with Crippen LogP contribution in [0.15, 0.2) is 11.8 Å². The van der Waals surface area contributed by atoms with E-state index >= 15 is 0 Å². The maximum absolute atomic E-state index is 13.0. The number of allylic oxidation sites excluding steroid dienone is 1. The summed E-state index contributed by atoms with van der Waals surface area (Å²) in [6, 6.07) is 0. The Morgan fingerprint density at radius 3 is 2.69 bits per heavy atom. The van der Waals surface area contributed by atoms with Gasteiger partial charge in [-0.25, -0.2) is 0 Å². The lowest BCUT2D eigenvalue weighted by Crippen LogP contribution is -2.40. The molecule has 174 valence electrons. The van der Waals surface area contributed by atoms with E-state index in [4.69, 9.17) is 4.74 Å². The summed E-state index contributed by atoms with van der Waals surface area (Å²) in [5.74, 6) is 1.73. The monoisotopic (exact) mass is 443 g/mol. The van der Waals surface area contributed by atoms with Crippen LogP contribution in [0.1, 0.15) is 64.0 Å². The average Bonchev–Trinajstić information content (AvgIpc) is 3.01. The predicted octanol–water partition coefficient (Wildman–Crippen LogP) is 1.55. The molecule has 32 heavy (non-hydrogen) atoms. The summed E-state index contributed by atoms with van der Waals surface area (Å²) >= 11 is 0. The third-order valence-electron chi connectivity index (χ3n) is 6.50. The number of ether oxygens (including phenoxy) is 1. The van der Waals surface area contributed by atoms with E-state index in [1.807, 2.05) is 18.4 Å². The maximum Gasteiger partial charge on any atom is 0.289 e. The normalized spacial score (nSPS) is 21.2. The Balaban J connectivity index is 1.32. The topological polar surface area (TPSA) is 106 Å². The minimum atomic E-state index is -0.672. The number of amides is 2. The van der Waals surface area contributed by atoms with Crippen LogP contribution in [-0.2, 0) is 38.5 Å². The maximum atomic E-state index is 13.0. The van der Waals surface area contributed by atoms with Crippen molar-refractivity contribution in [3.8, 4) is 0 Å². The van der Waals surface area contributed by atoms with Crippen molar-refractivity contribution in [2.24, 2.45) is 5.92 Å². The van der Waals surface area contributed by atoms with Gasteiger partial charge < -0.3 is 19.5 Å². The molecule has 1 N–H and O–H groups in total. The summed E-state index contributed by atoms with van der Waals surface area (Å²) in [7, 11) is 0. The lowest BCUT2D eigenvalue weighted by molar-refractivity contribution is -0.138. The van der Waals surface area contributed by atoms with Gasteiger partial charge in [0.1, 0.15) is 17.2 Å². The molecule has 9 heteroatoms. The van der Waals surface area contributed by atoms with Crippen molar-refractivity contribution in [3.63, 3.8) is 0 Å². The van der Waals surface area contributed by atoms with Crippen molar-refractivity contribution in [1.82, 2.24) is 25.0 Å². The van der Waals surface area contributed by atoms with Crippen LogP contribution >= 0.6 is 0 Å². The molecule has 2 amide bonds. The summed E-state index contributed by atoms with van der Waals surface area (Å²) in [4.78, 5) is 39.1. The highest BCUT2D eigenvalue weighted by molar-refractivity contribution is 6.01. The first-order valence-electron chi connectivity index (χ1n) is 11.7. The average molecular weight is 444 g/mol. The Morgan fingerprint density at radius 1 is 1.16 bits per heavy atom. The van der Waals surface area contributed by atoms with Gasteiger partial charge >= 0.3 is 0 Å². The lowest BCUT2D eigenvalue weighted by Gasteiger charge is -2.32. The van der Waals surface area contributed by atoms with E-state index in [9.17, 15) is 14.4 Å². The highest BCUT2D eigenvalue weighted by atomic mass is 16.5. The Kier molecular flexibility index (Phi) is 6.62. The number of carbonyl (C=O) groups excluding carboxylic acids is 3. The number of rotatable bonds is 5. The van der Waals surface area contributed by atoms with Gasteiger partial charge in [0, 0.05) is 57.4 Å². The quantitative estimate of drug-likeness (QED) is 0.740. The highest BCUT2D eigenvalue weighted by Gasteiger charge is 2.34. The molecule has 1 aromatic heterocycles. The fourth-order valence-electron chi connectivity index (χ4n) is 4.82. The van der Waals surface area contributed by atoms with Crippen molar-refractivity contribution < 1.29 is 19.1 Å². The molecule has 0 unspecified atom stereocenters. The molecule has 3 aliphatic rings. The zero-order chi connectivity index (χ0) is 22.7. The van der Waals surface area contributed by atoms with Crippen LogP contribution in [0, 0.1) is 5.92 Å². The third-order valence-corrected chi connectivity index (χ3v) is 6.50. The fraction of sp³-hybridized carbons (Fsp3) is 0.696. The molecule has 9 nitrogen and oxygen atoms in total. The largest absolute Gasteiger partial charge is 0.481 e. The van der Waals surface area contributed by atoms with Crippen LogP contribution in [-0.4, -0.2) is 62.5 Å². The molecular formula is C23H33N5O4. The van der Waals surface area contributed by atoms with Gasteiger partial charge in [0.05, 0.1) is 0 Å². The molecule has 1 fully saturated rings. The Bertz CT molecular complexity index is 913. The van der Waals surface area contributed by atoms with Crippen molar-refractivity contribution >= 4 is 17.6 Å². The van der Waals surface area contributed by atoms with Gasteiger partial charge in [-0.1, -0.05) is 19.3 Å². The Labute approximate surface area is 188 Å². The molecular weight excluding hydrogens is 410 g/mol. The Morgan fingerprint density at radius 2 is 1.94 bits per heavy atom. The van der Waals surface area contributed by atoms with Gasteiger partial charge in [0.15, 0.2) is 11.5 Å². The van der Waals surface area contributed by atoms with Crippen molar-refractivity contribution in [2.75, 3.05) is 19.6 Å². The summed E-state index contributed by atoms with van der Waals surface area (Å²) in [6.07, 6.45) is 8.25. The van der Waals surface area contributed by atoms with Crippen molar-refractivity contribution in [3.05, 3.63) is 23.5 Å². The summed E-state index contributed by atoms with van der Waals surface area (Å²) in [5.41, 5.74) is -0.672. The van der Waals surface area contributed by atoms with Crippen LogP contribution in [0.4, 0.5) is 0 Å². The van der Waals surface area contributed by atoms with E-state index in [0.717, 1.165) is 37.3 Å². The van der Waals surface area contributed by atoms with E-state index in [1.165, 1.54) is 12.5 Å². The number of aromatic nitrogens is 3. The van der Waals surface area contributed by atoms with Gasteiger partial charge in [-0.3, -0.25) is 14.4 Å². The van der Waals surface area contributed by atoms with Crippen LogP contribution < -0.4 is 5.32 Å². The van der Waals surface area contributed by atoms with E-state index in [2.05, 4.69) is 15.5 Å². The molecule has 1 aromatic rings. The summed E-state index contributed by atoms with van der Waals surface area (Å²) < 4.78 is 7.83. The Hall–Kier alpha value is -2.71. The molecule has 0 atom stereocenters. The van der Waals surface area contributed by atoms with Crippen LogP contribution in [0.2, 0.25) is 0 Å². The van der Waals surface area contributed by atoms with E-state index < -0.39 is 5.60 Å². The second kappa shape index (κ2) is 9.42. The minimum Gasteiger partial charge on any atom is -0.481 e. The first-order chi connectivity index (χ1) is 15.3. The van der Waals surface area contributed by atoms with Gasteiger partial charge in [-0.15, -0.1) is 10.2 Å². The number of nitrogens with zero attached hydrogens (tertiary/aromatic N) is 4. The van der Waals surface area contributed by atoms with Crippen LogP contribution in [0.5, 0.6) is 0 Å². The van der Waals surface area contributed by atoms with Gasteiger partial charge in [0.25, 0.3) is 5.91 Å². The molecule has 0 aromatic carbocycles. The summed E-state index contributed by atoms with van der Waals surface area (Å²) in [5, 5.41) is 11.7. The zero-order valence-electron chi connectivity index (χ0n) is 19.1. The lowest BCUT2D eigenvalue weighted by atomic mass is 9.89. The van der Waals surface area contributed by atoms with E-state index in [-0.39, 0.29) is 35.7 Å². The number of hydrogen-bond donors (Lipinski definition) is 1. The smallest absolute Gasteiger partial charge is 0.289 e. The second-order valence-corrected chi connectivity index (χ2v) is 9.62. The molecule has 0 bridgehead atoms. The van der Waals surface area contributed by atoms with E-state index in [1.54, 1.807) is 4.90 Å². The highest BCUT2D eigenvalue weighted by Crippen LogP contribution is 2.26. The predicted molar refractivity (Wildman–Crippen MR) is 116 cm³/mol. The zero-order valence-corrected chi connectivity index (χ0v) is 19.1. The summed E-state index contributed by atoms with van der Waals surface area (Å²) in [6.45, 7) is 5.71. The number of nitrogens with one attached hydrogen (secondary N) is 1. The van der Waals surface area contributed by atoms with Crippen molar-refractivity contribution in [2.45, 2.75) is 77.4 Å². The number of carbonyl (C=O) groups is 3. The molecule has 2 aliphatic heterocycles. The third kappa shape index (κ3) is 5.19. The number of hydrogen-bond acceptors (Lipinski definition) is 6. The molecule has 0 spiro atoms. The SMILES string of the molecule is CC1(C)CC(=O)C=C(C(=O)N2CCc3nnc(CCNC(=O)C4CCCCC4)n3CC2)O1. The minimum absolute atomic E-state index is 0.0888. The second-order valence-electron chi connectivity index (χ2n) is 9.62. The molecule has 0 radical (unpaired) electrons. The van der Waals surface area contributed by atoms with Crippen LogP contribution in [0.3, 0.4) is 0 Å². The molecule has 0 saturated heterocycles. The number of fused-ring (bicyclic) bond motifs is 1. The standard InChI is InChI=1S/C23H33N5O4/c1-23(2)15-17(29)14-18(32-23)22(31)27-11-9-20-26-25-19(28(20)13-12-27)8-10-24-21(30)16-6-4-3-5-7-16/h14,16H,3-13,15H2,1-2H3,(H,24,30). The van der Waals surface area contributed by atoms with Gasteiger partial charge in [0.2, 0.25) is 5.91 Å².